The summed E-state index contributed by atoms with van der Waals surface area (Å²) in [6.07, 6.45) is 0. The Morgan fingerprint density at radius 2 is 1.77 bits per heavy atom. The fourth-order valence-electron chi connectivity index (χ4n) is 1.89. The standard InChI is InChI=1S/C17H12ClNO2S/c1-11-2-4-12(5-3-11)16-10-15(19-21-16)17(20)22-14-8-6-13(18)7-9-14/h2-10H,1H3. The average molecular weight is 330 g/mol. The van der Waals surface area contributed by atoms with E-state index in [2.05, 4.69) is 5.16 Å². The Labute approximate surface area is 137 Å². The molecule has 110 valence electrons. The van der Waals surface area contributed by atoms with Gasteiger partial charge >= 0.3 is 0 Å². The van der Waals surface area contributed by atoms with Crippen molar-refractivity contribution in [1.82, 2.24) is 5.16 Å². The van der Waals surface area contributed by atoms with E-state index in [9.17, 15) is 4.79 Å². The van der Waals surface area contributed by atoms with E-state index in [1.807, 2.05) is 31.2 Å². The second-order valence-corrected chi connectivity index (χ2v) is 6.27. The van der Waals surface area contributed by atoms with Crippen molar-refractivity contribution in [3.8, 4) is 11.3 Å². The lowest BCUT2D eigenvalue weighted by molar-refractivity contribution is 0.108. The van der Waals surface area contributed by atoms with E-state index in [4.69, 9.17) is 16.1 Å². The number of benzene rings is 2. The molecule has 2 aromatic carbocycles. The average Bonchev–Trinajstić information content (AvgIpc) is 3.00. The molecule has 1 heterocycles. The summed E-state index contributed by atoms with van der Waals surface area (Å²) < 4.78 is 5.26. The van der Waals surface area contributed by atoms with Crippen molar-refractivity contribution in [3.05, 3.63) is 70.9 Å². The predicted octanol–water partition coefficient (Wildman–Crippen LogP) is 5.24. The fraction of sp³-hybridized carbons (Fsp3) is 0.0588. The van der Waals surface area contributed by atoms with Gasteiger partial charge in [-0.1, -0.05) is 46.6 Å². The SMILES string of the molecule is Cc1ccc(-c2cc(C(=O)Sc3ccc(Cl)cc3)no2)cc1. The van der Waals surface area contributed by atoms with Crippen LogP contribution in [0.1, 0.15) is 16.1 Å². The topological polar surface area (TPSA) is 43.1 Å². The summed E-state index contributed by atoms with van der Waals surface area (Å²) >= 11 is 6.92. The molecular formula is C17H12ClNO2S. The molecule has 3 nitrogen and oxygen atoms in total. The highest BCUT2D eigenvalue weighted by molar-refractivity contribution is 8.14. The van der Waals surface area contributed by atoms with Crippen molar-refractivity contribution in [2.45, 2.75) is 11.8 Å². The number of hydrogen-bond acceptors (Lipinski definition) is 4. The molecule has 0 atom stereocenters. The molecule has 0 unspecified atom stereocenters. The molecule has 0 bridgehead atoms. The summed E-state index contributed by atoms with van der Waals surface area (Å²) in [5, 5.41) is 4.33. The van der Waals surface area contributed by atoms with Gasteiger partial charge in [0, 0.05) is 21.5 Å². The largest absolute Gasteiger partial charge is 0.356 e. The summed E-state index contributed by atoms with van der Waals surface area (Å²) in [6.45, 7) is 2.02. The highest BCUT2D eigenvalue weighted by Gasteiger charge is 2.15. The fourth-order valence-corrected chi connectivity index (χ4v) is 2.70. The van der Waals surface area contributed by atoms with Crippen LogP contribution in [0.5, 0.6) is 0 Å². The van der Waals surface area contributed by atoms with Gasteiger partial charge in [0.15, 0.2) is 11.5 Å². The molecule has 0 radical (unpaired) electrons. The zero-order valence-electron chi connectivity index (χ0n) is 11.7. The second-order valence-electron chi connectivity index (χ2n) is 4.79. The molecule has 1 aromatic heterocycles. The van der Waals surface area contributed by atoms with Crippen molar-refractivity contribution in [1.29, 1.82) is 0 Å². The molecule has 0 N–H and O–H groups in total. The van der Waals surface area contributed by atoms with Crippen LogP contribution in [0.4, 0.5) is 0 Å². The van der Waals surface area contributed by atoms with Crippen molar-refractivity contribution >= 4 is 28.5 Å². The molecule has 0 fully saturated rings. The molecule has 0 aliphatic carbocycles. The highest BCUT2D eigenvalue weighted by atomic mass is 35.5. The Morgan fingerprint density at radius 3 is 2.45 bits per heavy atom. The first-order valence-corrected chi connectivity index (χ1v) is 7.83. The third-order valence-corrected chi connectivity index (χ3v) is 4.23. The number of thioether (sulfide) groups is 1. The first-order valence-electron chi connectivity index (χ1n) is 6.63. The lowest BCUT2D eigenvalue weighted by atomic mass is 10.1. The van der Waals surface area contributed by atoms with E-state index < -0.39 is 0 Å². The molecule has 0 saturated carbocycles. The number of carbonyl (C=O) groups excluding carboxylic acids is 1. The maximum Gasteiger partial charge on any atom is 0.246 e. The van der Waals surface area contributed by atoms with Crippen molar-refractivity contribution in [2.75, 3.05) is 0 Å². The lowest BCUT2D eigenvalue weighted by Crippen LogP contribution is -1.92. The summed E-state index contributed by atoms with van der Waals surface area (Å²) in [6, 6.07) is 16.6. The first-order chi connectivity index (χ1) is 10.6. The number of nitrogens with zero attached hydrogens (tertiary/aromatic N) is 1. The van der Waals surface area contributed by atoms with Crippen LogP contribution in [0.2, 0.25) is 5.02 Å². The summed E-state index contributed by atoms with van der Waals surface area (Å²) in [7, 11) is 0. The highest BCUT2D eigenvalue weighted by Crippen LogP contribution is 2.26. The molecule has 3 rings (SSSR count). The van der Waals surface area contributed by atoms with Gasteiger partial charge < -0.3 is 4.52 Å². The number of carbonyl (C=O) groups is 1. The summed E-state index contributed by atoms with van der Waals surface area (Å²) in [5.74, 6) is 0.583. The van der Waals surface area contributed by atoms with Crippen molar-refractivity contribution < 1.29 is 9.32 Å². The number of aryl methyl sites for hydroxylation is 1. The van der Waals surface area contributed by atoms with Gasteiger partial charge in [-0.25, -0.2) is 0 Å². The van der Waals surface area contributed by atoms with Gasteiger partial charge in [-0.05, 0) is 43.0 Å². The Balaban J connectivity index is 1.76. The van der Waals surface area contributed by atoms with Gasteiger partial charge in [0.1, 0.15) is 0 Å². The number of aromatic nitrogens is 1. The third kappa shape index (κ3) is 3.40. The minimum absolute atomic E-state index is 0.163. The van der Waals surface area contributed by atoms with E-state index in [0.29, 0.717) is 16.5 Å². The van der Waals surface area contributed by atoms with E-state index in [1.165, 1.54) is 0 Å². The zero-order chi connectivity index (χ0) is 15.5. The van der Waals surface area contributed by atoms with Gasteiger partial charge in [0.2, 0.25) is 5.12 Å². The molecule has 0 aliphatic heterocycles. The maximum absolute atomic E-state index is 12.2. The minimum Gasteiger partial charge on any atom is -0.356 e. The van der Waals surface area contributed by atoms with Crippen LogP contribution in [0.25, 0.3) is 11.3 Å². The molecule has 0 saturated heterocycles. The van der Waals surface area contributed by atoms with Gasteiger partial charge in [-0.3, -0.25) is 4.79 Å². The lowest BCUT2D eigenvalue weighted by Gasteiger charge is -1.97. The zero-order valence-corrected chi connectivity index (χ0v) is 13.3. The molecule has 5 heteroatoms. The van der Waals surface area contributed by atoms with E-state index in [-0.39, 0.29) is 5.12 Å². The normalized spacial score (nSPS) is 10.6. The van der Waals surface area contributed by atoms with Crippen LogP contribution in [0.3, 0.4) is 0 Å². The van der Waals surface area contributed by atoms with Crippen LogP contribution in [-0.2, 0) is 0 Å². The van der Waals surface area contributed by atoms with Gasteiger partial charge in [0.05, 0.1) is 0 Å². The number of rotatable bonds is 3. The first kappa shape index (κ1) is 14.9. The van der Waals surface area contributed by atoms with Crippen LogP contribution in [0.15, 0.2) is 64.0 Å². The second kappa shape index (κ2) is 6.38. The van der Waals surface area contributed by atoms with Gasteiger partial charge in [-0.15, -0.1) is 0 Å². The van der Waals surface area contributed by atoms with E-state index in [1.54, 1.807) is 30.3 Å². The van der Waals surface area contributed by atoms with Crippen molar-refractivity contribution in [3.63, 3.8) is 0 Å². The molecule has 22 heavy (non-hydrogen) atoms. The van der Waals surface area contributed by atoms with Gasteiger partial charge in [0.25, 0.3) is 0 Å². The van der Waals surface area contributed by atoms with E-state index in [0.717, 1.165) is 27.8 Å². The molecule has 3 aromatic rings. The van der Waals surface area contributed by atoms with Crippen LogP contribution >= 0.6 is 23.4 Å². The molecule has 0 aliphatic rings. The van der Waals surface area contributed by atoms with E-state index >= 15 is 0 Å². The maximum atomic E-state index is 12.2. The van der Waals surface area contributed by atoms with Crippen LogP contribution < -0.4 is 0 Å². The number of halogens is 1. The number of hydrogen-bond donors (Lipinski definition) is 0. The molecule has 0 spiro atoms. The summed E-state index contributed by atoms with van der Waals surface area (Å²) in [4.78, 5) is 13.0. The monoisotopic (exact) mass is 329 g/mol. The predicted molar refractivity (Wildman–Crippen MR) is 88.3 cm³/mol. The molecule has 0 amide bonds. The van der Waals surface area contributed by atoms with Gasteiger partial charge in [-0.2, -0.15) is 0 Å². The van der Waals surface area contributed by atoms with Crippen LogP contribution in [-0.4, -0.2) is 10.3 Å². The Morgan fingerprint density at radius 1 is 1.09 bits per heavy atom. The Hall–Kier alpha value is -2.04. The van der Waals surface area contributed by atoms with Crippen molar-refractivity contribution in [2.24, 2.45) is 0 Å². The smallest absolute Gasteiger partial charge is 0.246 e. The van der Waals surface area contributed by atoms with Crippen LogP contribution in [0, 0.1) is 6.92 Å². The molecular weight excluding hydrogens is 318 g/mol. The Kier molecular flexibility index (Phi) is 4.32. The quantitative estimate of drug-likeness (QED) is 0.617. The summed E-state index contributed by atoms with van der Waals surface area (Å²) in [5.41, 5.74) is 2.36. The minimum atomic E-state index is -0.163. The Bertz CT molecular complexity index is 794. The third-order valence-electron chi connectivity index (χ3n) is 3.08.